The number of hydrogen-bond donors (Lipinski definition) is 3. The summed E-state index contributed by atoms with van der Waals surface area (Å²) in [5.74, 6) is -0.413. The molecule has 112 valence electrons. The van der Waals surface area contributed by atoms with Crippen LogP contribution in [0.15, 0.2) is 12.1 Å². The molecule has 0 aromatic heterocycles. The number of halogens is 3. The summed E-state index contributed by atoms with van der Waals surface area (Å²) in [6.45, 7) is 0.495. The largest absolute Gasteiger partial charge is 0.396 e. The van der Waals surface area contributed by atoms with E-state index in [1.807, 2.05) is 0 Å². The summed E-state index contributed by atoms with van der Waals surface area (Å²) >= 11 is 7.04. The molecule has 0 aliphatic heterocycles. The number of aliphatic hydroxyl groups is 1. The van der Waals surface area contributed by atoms with Gasteiger partial charge in [0.25, 0.3) is 0 Å². The van der Waals surface area contributed by atoms with Gasteiger partial charge in [-0.25, -0.2) is 13.6 Å². The zero-order chi connectivity index (χ0) is 15.0. The molecule has 0 saturated heterocycles. The van der Waals surface area contributed by atoms with Crippen LogP contribution in [0.4, 0.5) is 19.3 Å². The molecule has 0 spiro atoms. The summed E-state index contributed by atoms with van der Waals surface area (Å²) in [6, 6.07) is 1.16. The van der Waals surface area contributed by atoms with Crippen LogP contribution in [0.2, 0.25) is 5.02 Å². The Hall–Kier alpha value is -1.05. The SMILES string of the molecule is O=C(NCCSCCCO)Nc1c(F)cc(Cl)cc1F. The summed E-state index contributed by atoms with van der Waals surface area (Å²) in [4.78, 5) is 11.5. The van der Waals surface area contributed by atoms with Crippen LogP contribution in [0.3, 0.4) is 0 Å². The zero-order valence-corrected chi connectivity index (χ0v) is 12.2. The average molecular weight is 325 g/mol. The lowest BCUT2D eigenvalue weighted by Gasteiger charge is -2.09. The molecule has 0 atom stereocenters. The predicted octanol–water partition coefficient (Wildman–Crippen LogP) is 2.86. The van der Waals surface area contributed by atoms with Gasteiger partial charge in [-0.1, -0.05) is 11.6 Å². The topological polar surface area (TPSA) is 61.4 Å². The molecule has 0 aliphatic carbocycles. The first-order chi connectivity index (χ1) is 9.54. The smallest absolute Gasteiger partial charge is 0.319 e. The molecule has 0 saturated carbocycles. The zero-order valence-electron chi connectivity index (χ0n) is 10.6. The molecule has 0 radical (unpaired) electrons. The van der Waals surface area contributed by atoms with E-state index in [1.165, 1.54) is 0 Å². The van der Waals surface area contributed by atoms with Gasteiger partial charge in [0.2, 0.25) is 0 Å². The van der Waals surface area contributed by atoms with Crippen LogP contribution in [-0.2, 0) is 0 Å². The molecule has 0 bridgehead atoms. The van der Waals surface area contributed by atoms with Gasteiger partial charge in [-0.3, -0.25) is 0 Å². The van der Waals surface area contributed by atoms with Gasteiger partial charge in [0.1, 0.15) is 5.69 Å². The van der Waals surface area contributed by atoms with Crippen LogP contribution in [0.25, 0.3) is 0 Å². The van der Waals surface area contributed by atoms with E-state index in [9.17, 15) is 13.6 Å². The van der Waals surface area contributed by atoms with Crippen molar-refractivity contribution < 1.29 is 18.7 Å². The Bertz CT molecular complexity index is 440. The second-order valence-corrected chi connectivity index (χ2v) is 5.48. The van der Waals surface area contributed by atoms with E-state index in [0.717, 1.165) is 17.9 Å². The third kappa shape index (κ3) is 5.94. The maximum Gasteiger partial charge on any atom is 0.319 e. The molecule has 0 fully saturated rings. The van der Waals surface area contributed by atoms with Crippen molar-refractivity contribution in [2.75, 3.05) is 30.0 Å². The van der Waals surface area contributed by atoms with Crippen molar-refractivity contribution >= 4 is 35.1 Å². The van der Waals surface area contributed by atoms with E-state index in [4.69, 9.17) is 16.7 Å². The highest BCUT2D eigenvalue weighted by Crippen LogP contribution is 2.23. The molecule has 1 aromatic carbocycles. The summed E-state index contributed by atoms with van der Waals surface area (Å²) in [5, 5.41) is 13.1. The molecule has 1 rings (SSSR count). The average Bonchev–Trinajstić information content (AvgIpc) is 2.38. The molecule has 0 unspecified atom stereocenters. The number of hydrogen-bond acceptors (Lipinski definition) is 3. The monoisotopic (exact) mass is 324 g/mol. The molecule has 8 heteroatoms. The Kier molecular flexibility index (Phi) is 7.64. The Morgan fingerprint density at radius 2 is 1.95 bits per heavy atom. The lowest BCUT2D eigenvalue weighted by molar-refractivity contribution is 0.252. The number of carbonyl (C=O) groups is 1. The van der Waals surface area contributed by atoms with Crippen LogP contribution in [-0.4, -0.2) is 35.8 Å². The standard InChI is InChI=1S/C12H15ClF2N2O2S/c13-8-6-9(14)11(10(15)7-8)17-12(19)16-2-5-20-4-1-3-18/h6-7,18H,1-5H2,(H2,16,17,19). The third-order valence-corrected chi connectivity index (χ3v) is 3.51. The van der Waals surface area contributed by atoms with Gasteiger partial charge >= 0.3 is 6.03 Å². The lowest BCUT2D eigenvalue weighted by Crippen LogP contribution is -2.31. The van der Waals surface area contributed by atoms with Crippen LogP contribution in [0.1, 0.15) is 6.42 Å². The first-order valence-corrected chi connectivity index (χ1v) is 7.46. The highest BCUT2D eigenvalue weighted by Gasteiger charge is 2.13. The highest BCUT2D eigenvalue weighted by molar-refractivity contribution is 7.99. The van der Waals surface area contributed by atoms with Gasteiger partial charge in [-0.2, -0.15) is 11.8 Å². The van der Waals surface area contributed by atoms with Crippen molar-refractivity contribution in [2.24, 2.45) is 0 Å². The first kappa shape index (κ1) is 17.0. The minimum absolute atomic E-state index is 0.0776. The van der Waals surface area contributed by atoms with Crippen molar-refractivity contribution in [1.82, 2.24) is 5.32 Å². The minimum Gasteiger partial charge on any atom is -0.396 e. The second-order valence-electron chi connectivity index (χ2n) is 3.81. The Labute approximate surface area is 124 Å². The molecule has 0 heterocycles. The van der Waals surface area contributed by atoms with Crippen molar-refractivity contribution in [3.63, 3.8) is 0 Å². The summed E-state index contributed by atoms with van der Waals surface area (Å²) in [7, 11) is 0. The Morgan fingerprint density at radius 1 is 1.30 bits per heavy atom. The maximum absolute atomic E-state index is 13.4. The fourth-order valence-electron chi connectivity index (χ4n) is 1.32. The molecule has 2 amide bonds. The van der Waals surface area contributed by atoms with Crippen molar-refractivity contribution in [1.29, 1.82) is 0 Å². The first-order valence-electron chi connectivity index (χ1n) is 5.92. The van der Waals surface area contributed by atoms with Crippen molar-refractivity contribution in [2.45, 2.75) is 6.42 Å². The molecular weight excluding hydrogens is 310 g/mol. The van der Waals surface area contributed by atoms with Crippen molar-refractivity contribution in [3.8, 4) is 0 Å². The number of rotatable bonds is 7. The molecule has 0 aliphatic rings. The summed E-state index contributed by atoms with van der Waals surface area (Å²) in [5.41, 5.74) is -0.528. The quantitative estimate of drug-likeness (QED) is 0.676. The van der Waals surface area contributed by atoms with Crippen LogP contribution < -0.4 is 10.6 Å². The number of thioether (sulfide) groups is 1. The van der Waals surface area contributed by atoms with Gasteiger partial charge < -0.3 is 15.7 Å². The van der Waals surface area contributed by atoms with E-state index >= 15 is 0 Å². The van der Waals surface area contributed by atoms with E-state index in [0.29, 0.717) is 18.7 Å². The molecule has 4 nitrogen and oxygen atoms in total. The fraction of sp³-hybridized carbons (Fsp3) is 0.417. The third-order valence-electron chi connectivity index (χ3n) is 2.22. The molecule has 1 aromatic rings. The predicted molar refractivity (Wildman–Crippen MR) is 77.4 cm³/mol. The summed E-state index contributed by atoms with van der Waals surface area (Å²) in [6.07, 6.45) is 0.693. The molecular formula is C12H15ClF2N2O2S. The van der Waals surface area contributed by atoms with E-state index in [2.05, 4.69) is 10.6 Å². The Balaban J connectivity index is 2.36. The summed E-state index contributed by atoms with van der Waals surface area (Å²) < 4.78 is 26.8. The number of carbonyl (C=O) groups excluding carboxylic acids is 1. The van der Waals surface area contributed by atoms with E-state index in [1.54, 1.807) is 11.8 Å². The minimum atomic E-state index is -0.928. The van der Waals surface area contributed by atoms with Gasteiger partial charge in [0, 0.05) is 23.9 Å². The number of benzene rings is 1. The van der Waals surface area contributed by atoms with Crippen molar-refractivity contribution in [3.05, 3.63) is 28.8 Å². The number of anilines is 1. The van der Waals surface area contributed by atoms with Gasteiger partial charge in [0.05, 0.1) is 0 Å². The van der Waals surface area contributed by atoms with Gasteiger partial charge in [0.15, 0.2) is 11.6 Å². The normalized spacial score (nSPS) is 10.4. The maximum atomic E-state index is 13.4. The number of nitrogens with one attached hydrogen (secondary N) is 2. The fourth-order valence-corrected chi connectivity index (χ4v) is 2.30. The second kappa shape index (κ2) is 8.99. The lowest BCUT2D eigenvalue weighted by atomic mass is 10.3. The van der Waals surface area contributed by atoms with Gasteiger partial charge in [-0.05, 0) is 24.3 Å². The van der Waals surface area contributed by atoms with Crippen LogP contribution in [0, 0.1) is 11.6 Å². The van der Waals surface area contributed by atoms with E-state index in [-0.39, 0.29) is 11.6 Å². The number of amides is 2. The number of urea groups is 1. The Morgan fingerprint density at radius 3 is 2.55 bits per heavy atom. The highest BCUT2D eigenvalue weighted by atomic mass is 35.5. The molecule has 3 N–H and O–H groups in total. The molecule has 20 heavy (non-hydrogen) atoms. The number of aliphatic hydroxyl groups excluding tert-OH is 1. The van der Waals surface area contributed by atoms with Gasteiger partial charge in [-0.15, -0.1) is 0 Å². The van der Waals surface area contributed by atoms with E-state index < -0.39 is 23.4 Å². The van der Waals surface area contributed by atoms with Crippen LogP contribution >= 0.6 is 23.4 Å². The van der Waals surface area contributed by atoms with Crippen LogP contribution in [0.5, 0.6) is 0 Å².